The molecule has 2 aromatic rings. The van der Waals surface area contributed by atoms with Crippen molar-refractivity contribution in [3.8, 4) is 23.1 Å². The van der Waals surface area contributed by atoms with Crippen molar-refractivity contribution >= 4 is 0 Å². The first-order chi connectivity index (χ1) is 10.7. The third kappa shape index (κ3) is 3.35. The minimum atomic E-state index is -0.307. The van der Waals surface area contributed by atoms with Crippen molar-refractivity contribution < 1.29 is 9.47 Å². The van der Waals surface area contributed by atoms with Crippen LogP contribution in [0, 0.1) is 11.3 Å². The summed E-state index contributed by atoms with van der Waals surface area (Å²) in [6.07, 6.45) is 0. The van der Waals surface area contributed by atoms with E-state index >= 15 is 0 Å². The number of hydrogen-bond donors (Lipinski definition) is 0. The highest BCUT2D eigenvalue weighted by Gasteiger charge is 2.11. The van der Waals surface area contributed by atoms with E-state index in [9.17, 15) is 4.79 Å². The van der Waals surface area contributed by atoms with E-state index in [-0.39, 0.29) is 11.1 Å². The van der Waals surface area contributed by atoms with Crippen LogP contribution in [-0.2, 0) is 11.3 Å². The molecule has 0 N–H and O–H groups in total. The lowest BCUT2D eigenvalue weighted by atomic mass is 10.1. The molecule has 5 nitrogen and oxygen atoms in total. The minimum absolute atomic E-state index is 0.126. The number of nitriles is 1. The van der Waals surface area contributed by atoms with Gasteiger partial charge < -0.3 is 14.0 Å². The fourth-order valence-corrected chi connectivity index (χ4v) is 2.23. The molecule has 0 saturated carbocycles. The molecular weight excluding hydrogens is 280 g/mol. The van der Waals surface area contributed by atoms with Crippen molar-refractivity contribution in [3.63, 3.8) is 0 Å². The second-order valence-electron chi connectivity index (χ2n) is 4.65. The highest BCUT2D eigenvalue weighted by atomic mass is 16.5. The van der Waals surface area contributed by atoms with Gasteiger partial charge >= 0.3 is 0 Å². The molecule has 0 aliphatic carbocycles. The number of pyridine rings is 1. The zero-order chi connectivity index (χ0) is 15.9. The third-order valence-electron chi connectivity index (χ3n) is 3.25. The predicted molar refractivity (Wildman–Crippen MR) is 83.9 cm³/mol. The molecule has 0 spiro atoms. The Morgan fingerprint density at radius 1 is 1.27 bits per heavy atom. The van der Waals surface area contributed by atoms with Gasteiger partial charge in [0, 0.05) is 19.2 Å². The largest absolute Gasteiger partial charge is 0.494 e. The van der Waals surface area contributed by atoms with Crippen LogP contribution in [0.15, 0.2) is 41.2 Å². The van der Waals surface area contributed by atoms with Crippen LogP contribution in [-0.4, -0.2) is 24.9 Å². The summed E-state index contributed by atoms with van der Waals surface area (Å²) in [5.74, 6) is 0.745. The second kappa shape index (κ2) is 7.43. The fraction of sp³-hybridized carbons (Fsp3) is 0.294. The van der Waals surface area contributed by atoms with E-state index in [1.54, 1.807) is 23.8 Å². The van der Waals surface area contributed by atoms with Gasteiger partial charge in [0.05, 0.1) is 18.9 Å². The van der Waals surface area contributed by atoms with Crippen LogP contribution in [0.3, 0.4) is 0 Å². The number of methoxy groups -OCH3 is 1. The molecule has 0 unspecified atom stereocenters. The molecule has 1 aromatic carbocycles. The first-order valence-corrected chi connectivity index (χ1v) is 7.07. The monoisotopic (exact) mass is 298 g/mol. The summed E-state index contributed by atoms with van der Waals surface area (Å²) in [7, 11) is 1.58. The second-order valence-corrected chi connectivity index (χ2v) is 4.65. The Balaban J connectivity index is 2.54. The normalized spacial score (nSPS) is 10.2. The molecule has 22 heavy (non-hydrogen) atoms. The number of hydrogen-bond acceptors (Lipinski definition) is 4. The van der Waals surface area contributed by atoms with E-state index in [1.165, 1.54) is 0 Å². The fourth-order valence-electron chi connectivity index (χ4n) is 2.23. The Labute approximate surface area is 129 Å². The van der Waals surface area contributed by atoms with Crippen molar-refractivity contribution in [2.45, 2.75) is 13.5 Å². The summed E-state index contributed by atoms with van der Waals surface area (Å²) in [4.78, 5) is 12.4. The molecule has 1 aromatic heterocycles. The summed E-state index contributed by atoms with van der Waals surface area (Å²) in [6, 6.07) is 12.8. The van der Waals surface area contributed by atoms with Crippen LogP contribution in [0.5, 0.6) is 5.75 Å². The molecule has 0 radical (unpaired) electrons. The molecular formula is C17H18N2O3. The van der Waals surface area contributed by atoms with Crippen LogP contribution in [0.4, 0.5) is 0 Å². The van der Waals surface area contributed by atoms with E-state index in [0.29, 0.717) is 19.8 Å². The summed E-state index contributed by atoms with van der Waals surface area (Å²) >= 11 is 0. The number of aromatic nitrogens is 1. The lowest BCUT2D eigenvalue weighted by molar-refractivity contribution is 0.186. The van der Waals surface area contributed by atoms with E-state index in [1.807, 2.05) is 37.3 Å². The van der Waals surface area contributed by atoms with Gasteiger partial charge in [-0.2, -0.15) is 5.26 Å². The Morgan fingerprint density at radius 2 is 2.09 bits per heavy atom. The quantitative estimate of drug-likeness (QED) is 0.821. The van der Waals surface area contributed by atoms with Crippen molar-refractivity contribution in [1.82, 2.24) is 4.57 Å². The highest BCUT2D eigenvalue weighted by molar-refractivity contribution is 5.62. The van der Waals surface area contributed by atoms with Crippen molar-refractivity contribution in [3.05, 3.63) is 52.3 Å². The minimum Gasteiger partial charge on any atom is -0.494 e. The maximum absolute atomic E-state index is 12.4. The van der Waals surface area contributed by atoms with Gasteiger partial charge in [-0.3, -0.25) is 4.79 Å². The summed E-state index contributed by atoms with van der Waals surface area (Å²) < 4.78 is 12.1. The number of nitrogens with zero attached hydrogens (tertiary/aromatic N) is 2. The molecule has 0 aliphatic heterocycles. The van der Waals surface area contributed by atoms with E-state index < -0.39 is 0 Å². The van der Waals surface area contributed by atoms with Gasteiger partial charge in [0.1, 0.15) is 17.4 Å². The van der Waals surface area contributed by atoms with Gasteiger partial charge in [-0.25, -0.2) is 0 Å². The van der Waals surface area contributed by atoms with Gasteiger partial charge in [0.2, 0.25) is 0 Å². The molecule has 0 bridgehead atoms. The van der Waals surface area contributed by atoms with Gasteiger partial charge in [-0.1, -0.05) is 12.1 Å². The molecule has 5 heteroatoms. The van der Waals surface area contributed by atoms with E-state index in [2.05, 4.69) is 0 Å². The topological polar surface area (TPSA) is 64.2 Å². The molecule has 2 rings (SSSR count). The van der Waals surface area contributed by atoms with E-state index in [4.69, 9.17) is 14.7 Å². The maximum Gasteiger partial charge on any atom is 0.269 e. The smallest absolute Gasteiger partial charge is 0.269 e. The lowest BCUT2D eigenvalue weighted by Crippen LogP contribution is -2.25. The lowest BCUT2D eigenvalue weighted by Gasteiger charge is -2.14. The van der Waals surface area contributed by atoms with Crippen LogP contribution >= 0.6 is 0 Å². The predicted octanol–water partition coefficient (Wildman–Crippen LogP) is 2.43. The van der Waals surface area contributed by atoms with Crippen LogP contribution in [0.25, 0.3) is 11.3 Å². The highest BCUT2D eigenvalue weighted by Crippen LogP contribution is 2.23. The van der Waals surface area contributed by atoms with Crippen molar-refractivity contribution in [2.75, 3.05) is 20.3 Å². The number of ether oxygens (including phenoxy) is 2. The first-order valence-electron chi connectivity index (χ1n) is 7.07. The van der Waals surface area contributed by atoms with Gasteiger partial charge in [-0.15, -0.1) is 0 Å². The Bertz CT molecular complexity index is 744. The molecule has 1 heterocycles. The number of rotatable bonds is 6. The molecule has 0 atom stereocenters. The average molecular weight is 298 g/mol. The van der Waals surface area contributed by atoms with Crippen LogP contribution in [0.2, 0.25) is 0 Å². The summed E-state index contributed by atoms with van der Waals surface area (Å²) in [5.41, 5.74) is 1.42. The number of benzene rings is 1. The summed E-state index contributed by atoms with van der Waals surface area (Å²) in [6.45, 7) is 3.28. The first kappa shape index (κ1) is 15.8. The molecule has 0 fully saturated rings. The van der Waals surface area contributed by atoms with Gasteiger partial charge in [-0.05, 0) is 31.2 Å². The van der Waals surface area contributed by atoms with Crippen LogP contribution in [0.1, 0.15) is 12.5 Å². The van der Waals surface area contributed by atoms with Crippen molar-refractivity contribution in [2.24, 2.45) is 0 Å². The Hall–Kier alpha value is -2.58. The third-order valence-corrected chi connectivity index (χ3v) is 3.25. The van der Waals surface area contributed by atoms with Gasteiger partial charge in [0.15, 0.2) is 0 Å². The Morgan fingerprint density at radius 3 is 2.77 bits per heavy atom. The van der Waals surface area contributed by atoms with Gasteiger partial charge in [0.25, 0.3) is 5.56 Å². The Kier molecular flexibility index (Phi) is 5.34. The average Bonchev–Trinajstić information content (AvgIpc) is 2.54. The zero-order valence-electron chi connectivity index (χ0n) is 12.7. The van der Waals surface area contributed by atoms with E-state index in [0.717, 1.165) is 17.0 Å². The molecule has 0 saturated heterocycles. The van der Waals surface area contributed by atoms with Crippen molar-refractivity contribution in [1.29, 1.82) is 5.26 Å². The summed E-state index contributed by atoms with van der Waals surface area (Å²) in [5, 5.41) is 9.03. The van der Waals surface area contributed by atoms with Crippen LogP contribution < -0.4 is 10.3 Å². The zero-order valence-corrected chi connectivity index (χ0v) is 12.7. The SMILES string of the molecule is CCOc1cccc(-c2ccc(C#N)c(=O)n2CCOC)c1. The molecule has 0 aliphatic rings. The molecule has 0 amide bonds. The standard InChI is InChI=1S/C17H18N2O3/c1-3-22-15-6-4-5-13(11-15)16-8-7-14(12-18)17(20)19(16)9-10-21-2/h4-8,11H,3,9-10H2,1-2H3. The maximum atomic E-state index is 12.4. The molecule has 114 valence electrons.